The van der Waals surface area contributed by atoms with Crippen LogP contribution in [0.4, 0.5) is 0 Å². The van der Waals surface area contributed by atoms with Gasteiger partial charge in [0.15, 0.2) is 6.61 Å². The molecule has 4 nitrogen and oxygen atoms in total. The van der Waals surface area contributed by atoms with E-state index in [4.69, 9.17) is 9.47 Å². The van der Waals surface area contributed by atoms with Crippen molar-refractivity contribution in [3.05, 3.63) is 24.3 Å². The first-order valence-electron chi connectivity index (χ1n) is 6.73. The molecule has 106 valence electrons. The van der Waals surface area contributed by atoms with Gasteiger partial charge in [-0.2, -0.15) is 0 Å². The predicted molar refractivity (Wildman–Crippen MR) is 75.6 cm³/mol. The number of hydrogen-bond acceptors (Lipinski definition) is 3. The quantitative estimate of drug-likeness (QED) is 0.786. The lowest BCUT2D eigenvalue weighted by atomic mass is 10.0. The molecule has 1 aromatic rings. The molecule has 1 aromatic carbocycles. The second kappa shape index (κ2) is 8.40. The summed E-state index contributed by atoms with van der Waals surface area (Å²) in [6, 6.07) is 7.18. The maximum absolute atomic E-state index is 11.6. The monoisotopic (exact) mass is 265 g/mol. The zero-order valence-corrected chi connectivity index (χ0v) is 11.9. The maximum atomic E-state index is 11.6. The van der Waals surface area contributed by atoms with Gasteiger partial charge in [-0.25, -0.2) is 0 Å². The first-order valence-corrected chi connectivity index (χ1v) is 6.73. The van der Waals surface area contributed by atoms with Crippen molar-refractivity contribution >= 4 is 5.91 Å². The number of nitrogens with one attached hydrogen (secondary N) is 1. The molecule has 0 saturated heterocycles. The van der Waals surface area contributed by atoms with Gasteiger partial charge in [0.1, 0.15) is 11.5 Å². The summed E-state index contributed by atoms with van der Waals surface area (Å²) in [7, 11) is 1.61. The molecule has 1 N–H and O–H groups in total. The minimum atomic E-state index is -0.0808. The predicted octanol–water partition coefficient (Wildman–Crippen LogP) is 2.63. The zero-order chi connectivity index (χ0) is 14.1. The van der Waals surface area contributed by atoms with Gasteiger partial charge < -0.3 is 14.8 Å². The Balaban J connectivity index is 2.29. The van der Waals surface area contributed by atoms with Crippen LogP contribution in [0.3, 0.4) is 0 Å². The van der Waals surface area contributed by atoms with Crippen molar-refractivity contribution in [3.8, 4) is 11.5 Å². The lowest BCUT2D eigenvalue weighted by Crippen LogP contribution is -2.32. The van der Waals surface area contributed by atoms with Crippen molar-refractivity contribution in [2.24, 2.45) is 5.92 Å². The summed E-state index contributed by atoms with van der Waals surface area (Å²) in [5, 5.41) is 2.89. The third kappa shape index (κ3) is 5.64. The summed E-state index contributed by atoms with van der Waals surface area (Å²) in [5.41, 5.74) is 0. The van der Waals surface area contributed by atoms with E-state index in [1.54, 1.807) is 31.4 Å². The van der Waals surface area contributed by atoms with E-state index in [1.807, 2.05) is 0 Å². The summed E-state index contributed by atoms with van der Waals surface area (Å²) >= 11 is 0. The highest BCUT2D eigenvalue weighted by Crippen LogP contribution is 2.16. The lowest BCUT2D eigenvalue weighted by Gasteiger charge is -2.13. The Labute approximate surface area is 115 Å². The van der Waals surface area contributed by atoms with Crippen LogP contribution >= 0.6 is 0 Å². The van der Waals surface area contributed by atoms with Crippen molar-refractivity contribution in [1.82, 2.24) is 5.32 Å². The molecular weight excluding hydrogens is 242 g/mol. The van der Waals surface area contributed by atoms with E-state index >= 15 is 0 Å². The number of carbonyl (C=O) groups is 1. The first-order chi connectivity index (χ1) is 9.19. The molecule has 0 unspecified atom stereocenters. The van der Waals surface area contributed by atoms with Crippen LogP contribution in [-0.4, -0.2) is 26.2 Å². The Morgan fingerprint density at radius 1 is 1.16 bits per heavy atom. The summed E-state index contributed by atoms with van der Waals surface area (Å²) in [6.07, 6.45) is 2.16. The number of rotatable bonds is 8. The molecule has 0 radical (unpaired) electrons. The highest BCUT2D eigenvalue weighted by Gasteiger charge is 2.07. The van der Waals surface area contributed by atoms with E-state index < -0.39 is 0 Å². The average molecular weight is 265 g/mol. The molecule has 0 aliphatic rings. The molecule has 0 heterocycles. The molecule has 0 bridgehead atoms. The molecule has 0 aliphatic heterocycles. The molecule has 0 aromatic heterocycles. The highest BCUT2D eigenvalue weighted by atomic mass is 16.5. The van der Waals surface area contributed by atoms with Gasteiger partial charge in [-0.15, -0.1) is 0 Å². The number of methoxy groups -OCH3 is 1. The molecule has 19 heavy (non-hydrogen) atoms. The Morgan fingerprint density at radius 3 is 2.26 bits per heavy atom. The van der Waals surface area contributed by atoms with Gasteiger partial charge in [0.2, 0.25) is 0 Å². The van der Waals surface area contributed by atoms with Crippen molar-refractivity contribution in [3.63, 3.8) is 0 Å². The van der Waals surface area contributed by atoms with Gasteiger partial charge in [-0.05, 0) is 30.2 Å². The van der Waals surface area contributed by atoms with E-state index in [0.717, 1.165) is 25.1 Å². The first kappa shape index (κ1) is 15.3. The molecule has 0 atom stereocenters. The fourth-order valence-electron chi connectivity index (χ4n) is 1.71. The van der Waals surface area contributed by atoms with Crippen LogP contribution in [0, 0.1) is 5.92 Å². The molecule has 1 rings (SSSR count). The maximum Gasteiger partial charge on any atom is 0.257 e. The molecule has 1 amide bonds. The van der Waals surface area contributed by atoms with Crippen LogP contribution in [0.25, 0.3) is 0 Å². The van der Waals surface area contributed by atoms with E-state index in [-0.39, 0.29) is 12.5 Å². The number of amides is 1. The van der Waals surface area contributed by atoms with Gasteiger partial charge >= 0.3 is 0 Å². The van der Waals surface area contributed by atoms with E-state index in [2.05, 4.69) is 19.2 Å². The minimum absolute atomic E-state index is 0.0481. The average Bonchev–Trinajstić information content (AvgIpc) is 2.46. The van der Waals surface area contributed by atoms with E-state index in [1.165, 1.54) is 0 Å². The van der Waals surface area contributed by atoms with Crippen LogP contribution < -0.4 is 14.8 Å². The smallest absolute Gasteiger partial charge is 0.257 e. The number of hydrogen-bond donors (Lipinski definition) is 1. The second-order valence-electron chi connectivity index (χ2n) is 4.45. The Kier molecular flexibility index (Phi) is 6.79. The van der Waals surface area contributed by atoms with Gasteiger partial charge in [-0.1, -0.05) is 26.7 Å². The topological polar surface area (TPSA) is 47.6 Å². The molecular formula is C15H23NO3. The van der Waals surface area contributed by atoms with Crippen molar-refractivity contribution in [2.45, 2.75) is 26.7 Å². The molecule has 4 heteroatoms. The standard InChI is InChI=1S/C15H23NO3/c1-4-12(5-2)10-16-15(17)11-19-14-8-6-13(18-3)7-9-14/h6-9,12H,4-5,10-11H2,1-3H3,(H,16,17). The molecule has 0 fully saturated rings. The second-order valence-corrected chi connectivity index (χ2v) is 4.45. The van der Waals surface area contributed by atoms with Crippen LogP contribution in [0.15, 0.2) is 24.3 Å². The Bertz CT molecular complexity index is 371. The van der Waals surface area contributed by atoms with Gasteiger partial charge in [0.25, 0.3) is 5.91 Å². The van der Waals surface area contributed by atoms with Crippen LogP contribution in [0.1, 0.15) is 26.7 Å². The van der Waals surface area contributed by atoms with E-state index in [9.17, 15) is 4.79 Å². The third-order valence-electron chi connectivity index (χ3n) is 3.17. The summed E-state index contributed by atoms with van der Waals surface area (Å²) in [5.74, 6) is 1.90. The lowest BCUT2D eigenvalue weighted by molar-refractivity contribution is -0.123. The van der Waals surface area contributed by atoms with Gasteiger partial charge in [-0.3, -0.25) is 4.79 Å². The van der Waals surface area contributed by atoms with E-state index in [0.29, 0.717) is 11.7 Å². The van der Waals surface area contributed by atoms with Gasteiger partial charge in [0, 0.05) is 6.54 Å². The minimum Gasteiger partial charge on any atom is -0.497 e. The van der Waals surface area contributed by atoms with Crippen molar-refractivity contribution in [2.75, 3.05) is 20.3 Å². The van der Waals surface area contributed by atoms with Crippen LogP contribution in [0.5, 0.6) is 11.5 Å². The summed E-state index contributed by atoms with van der Waals surface area (Å²) in [4.78, 5) is 11.6. The number of ether oxygens (including phenoxy) is 2. The summed E-state index contributed by atoms with van der Waals surface area (Å²) < 4.78 is 10.4. The molecule has 0 aliphatic carbocycles. The van der Waals surface area contributed by atoms with Crippen LogP contribution in [-0.2, 0) is 4.79 Å². The number of carbonyl (C=O) groups excluding carboxylic acids is 1. The summed E-state index contributed by atoms with van der Waals surface area (Å²) in [6.45, 7) is 5.03. The Hall–Kier alpha value is -1.71. The fraction of sp³-hybridized carbons (Fsp3) is 0.533. The number of benzene rings is 1. The van der Waals surface area contributed by atoms with Gasteiger partial charge in [0.05, 0.1) is 7.11 Å². The third-order valence-corrected chi connectivity index (χ3v) is 3.17. The van der Waals surface area contributed by atoms with Crippen molar-refractivity contribution < 1.29 is 14.3 Å². The highest BCUT2D eigenvalue weighted by molar-refractivity contribution is 5.77. The fourth-order valence-corrected chi connectivity index (χ4v) is 1.71. The molecule has 0 saturated carbocycles. The molecule has 0 spiro atoms. The normalized spacial score (nSPS) is 10.3. The van der Waals surface area contributed by atoms with Crippen molar-refractivity contribution in [1.29, 1.82) is 0 Å². The zero-order valence-electron chi connectivity index (χ0n) is 11.9. The SMILES string of the molecule is CCC(CC)CNC(=O)COc1ccc(OC)cc1. The largest absolute Gasteiger partial charge is 0.497 e. The Morgan fingerprint density at radius 2 is 1.74 bits per heavy atom. The van der Waals surface area contributed by atoms with Crippen LogP contribution in [0.2, 0.25) is 0 Å².